The maximum absolute atomic E-state index is 12.1. The van der Waals surface area contributed by atoms with Crippen LogP contribution in [0.5, 0.6) is 0 Å². The summed E-state index contributed by atoms with van der Waals surface area (Å²) in [5.74, 6) is -0.0722. The molecule has 0 aromatic heterocycles. The Morgan fingerprint density at radius 1 is 1.42 bits per heavy atom. The second-order valence-electron chi connectivity index (χ2n) is 3.99. The van der Waals surface area contributed by atoms with Crippen molar-refractivity contribution in [1.29, 1.82) is 0 Å². The Morgan fingerprint density at radius 2 is 2.05 bits per heavy atom. The Labute approximate surface area is 112 Å². The largest absolute Gasteiger partial charge is 0.390 e. The van der Waals surface area contributed by atoms with Gasteiger partial charge in [-0.1, -0.05) is 0 Å². The van der Waals surface area contributed by atoms with Gasteiger partial charge in [-0.15, -0.1) is 11.6 Å². The lowest BCUT2D eigenvalue weighted by Crippen LogP contribution is -2.24. The minimum absolute atomic E-state index is 0.0722. The van der Waals surface area contributed by atoms with Crippen molar-refractivity contribution in [3.05, 3.63) is 33.9 Å². The van der Waals surface area contributed by atoms with Crippen LogP contribution in [-0.4, -0.2) is 24.7 Å². The zero-order valence-electron chi connectivity index (χ0n) is 10.1. The van der Waals surface area contributed by atoms with Gasteiger partial charge in [0.15, 0.2) is 0 Å². The Balaban J connectivity index is 2.87. The quantitative estimate of drug-likeness (QED) is 0.472. The fourth-order valence-electron chi connectivity index (χ4n) is 1.52. The van der Waals surface area contributed by atoms with Crippen LogP contribution in [0.25, 0.3) is 0 Å². The highest BCUT2D eigenvalue weighted by atomic mass is 35.5. The van der Waals surface area contributed by atoms with Gasteiger partial charge in [0.1, 0.15) is 0 Å². The van der Waals surface area contributed by atoms with Crippen LogP contribution in [-0.2, 0) is 5.88 Å². The average Bonchev–Trinajstić information content (AvgIpc) is 2.34. The van der Waals surface area contributed by atoms with E-state index in [1.165, 1.54) is 30.1 Å². The Hall–Kier alpha value is -1.50. The van der Waals surface area contributed by atoms with Gasteiger partial charge in [0.2, 0.25) is 0 Å². The maximum atomic E-state index is 12.1. The molecule has 0 radical (unpaired) electrons. The number of benzene rings is 1. The smallest absolute Gasteiger partial charge is 0.374 e. The summed E-state index contributed by atoms with van der Waals surface area (Å²) in [6.07, 6.45) is -5.18. The van der Waals surface area contributed by atoms with Gasteiger partial charge in [-0.3, -0.25) is 10.1 Å². The van der Waals surface area contributed by atoms with E-state index in [0.29, 0.717) is 5.69 Å². The summed E-state index contributed by atoms with van der Waals surface area (Å²) < 4.78 is 36.3. The minimum atomic E-state index is -4.23. The fraction of sp³-hybridized carbons (Fsp3) is 0.455. The molecule has 0 bridgehead atoms. The molecule has 0 aliphatic carbocycles. The highest BCUT2D eigenvalue weighted by Crippen LogP contribution is 2.27. The molecule has 19 heavy (non-hydrogen) atoms. The van der Waals surface area contributed by atoms with E-state index in [0.717, 1.165) is 0 Å². The van der Waals surface area contributed by atoms with Gasteiger partial charge in [0, 0.05) is 30.9 Å². The molecule has 0 fully saturated rings. The molecule has 0 saturated carbocycles. The summed E-state index contributed by atoms with van der Waals surface area (Å²) in [4.78, 5) is 11.5. The number of alkyl halides is 4. The number of hydrogen-bond donors (Lipinski definition) is 0. The van der Waals surface area contributed by atoms with E-state index in [-0.39, 0.29) is 23.7 Å². The molecule has 0 N–H and O–H groups in total. The summed E-state index contributed by atoms with van der Waals surface area (Å²) in [5, 5.41) is 10.7. The number of nitrogens with zero attached hydrogens (tertiary/aromatic N) is 2. The van der Waals surface area contributed by atoms with E-state index in [4.69, 9.17) is 11.6 Å². The number of halogens is 4. The third-order valence-electron chi connectivity index (χ3n) is 2.58. The molecule has 0 unspecified atom stereocenters. The van der Waals surface area contributed by atoms with Gasteiger partial charge < -0.3 is 4.90 Å². The SMILES string of the molecule is CN(CCC(F)(F)F)c1ccc([N+](=O)[O-])c(CCl)c1. The molecular weight excluding hydrogens is 285 g/mol. The number of nitro groups is 1. The van der Waals surface area contributed by atoms with Crippen molar-refractivity contribution in [3.63, 3.8) is 0 Å². The standard InChI is InChI=1S/C11H12ClF3N2O2/c1-16(5-4-11(13,14)15)9-2-3-10(17(18)19)8(6-9)7-12/h2-3,6H,4-5,7H2,1H3. The number of nitro benzene ring substituents is 1. The Morgan fingerprint density at radius 3 is 2.53 bits per heavy atom. The topological polar surface area (TPSA) is 46.4 Å². The van der Waals surface area contributed by atoms with Crippen molar-refractivity contribution in [2.24, 2.45) is 0 Å². The first kappa shape index (κ1) is 15.6. The van der Waals surface area contributed by atoms with Crippen LogP contribution in [0.3, 0.4) is 0 Å². The fourth-order valence-corrected chi connectivity index (χ4v) is 1.73. The zero-order valence-corrected chi connectivity index (χ0v) is 10.8. The summed E-state index contributed by atoms with van der Waals surface area (Å²) in [5.41, 5.74) is 0.608. The van der Waals surface area contributed by atoms with Crippen molar-refractivity contribution in [2.75, 3.05) is 18.5 Å². The van der Waals surface area contributed by atoms with E-state index >= 15 is 0 Å². The first-order valence-corrected chi connectivity index (χ1v) is 5.89. The molecule has 1 aromatic carbocycles. The molecule has 0 saturated heterocycles. The van der Waals surface area contributed by atoms with Crippen LogP contribution in [0, 0.1) is 10.1 Å². The molecule has 0 atom stereocenters. The third kappa shape index (κ3) is 4.59. The number of anilines is 1. The number of rotatable bonds is 5. The van der Waals surface area contributed by atoms with Crippen molar-refractivity contribution >= 4 is 23.0 Å². The maximum Gasteiger partial charge on any atom is 0.390 e. The summed E-state index contributed by atoms with van der Waals surface area (Å²) in [6.45, 7) is -0.219. The summed E-state index contributed by atoms with van der Waals surface area (Å²) >= 11 is 5.60. The highest BCUT2D eigenvalue weighted by Gasteiger charge is 2.27. The zero-order chi connectivity index (χ0) is 14.6. The predicted molar refractivity (Wildman–Crippen MR) is 66.6 cm³/mol. The molecule has 0 aliphatic heterocycles. The van der Waals surface area contributed by atoms with Gasteiger partial charge >= 0.3 is 6.18 Å². The molecule has 1 rings (SSSR count). The minimum Gasteiger partial charge on any atom is -0.374 e. The lowest BCUT2D eigenvalue weighted by molar-refractivity contribution is -0.385. The van der Waals surface area contributed by atoms with E-state index in [1.54, 1.807) is 0 Å². The Bertz CT molecular complexity index is 466. The predicted octanol–water partition coefficient (Wildman–Crippen LogP) is 3.72. The van der Waals surface area contributed by atoms with Crippen molar-refractivity contribution in [3.8, 4) is 0 Å². The van der Waals surface area contributed by atoms with Crippen molar-refractivity contribution in [2.45, 2.75) is 18.5 Å². The molecule has 4 nitrogen and oxygen atoms in total. The molecule has 0 aliphatic rings. The van der Waals surface area contributed by atoms with Crippen LogP contribution in [0.4, 0.5) is 24.5 Å². The first-order valence-electron chi connectivity index (χ1n) is 5.36. The van der Waals surface area contributed by atoms with Crippen LogP contribution < -0.4 is 4.90 Å². The average molecular weight is 297 g/mol. The molecule has 0 spiro atoms. The second-order valence-corrected chi connectivity index (χ2v) is 4.26. The third-order valence-corrected chi connectivity index (χ3v) is 2.86. The molecule has 0 heterocycles. The molecule has 8 heteroatoms. The molecule has 106 valence electrons. The van der Waals surface area contributed by atoms with Gasteiger partial charge in [-0.25, -0.2) is 0 Å². The van der Waals surface area contributed by atoms with Crippen LogP contribution >= 0.6 is 11.6 Å². The monoisotopic (exact) mass is 296 g/mol. The van der Waals surface area contributed by atoms with Crippen LogP contribution in [0.2, 0.25) is 0 Å². The summed E-state index contributed by atoms with van der Waals surface area (Å²) in [7, 11) is 1.49. The normalized spacial score (nSPS) is 11.4. The highest BCUT2D eigenvalue weighted by molar-refractivity contribution is 6.17. The van der Waals surface area contributed by atoms with Gasteiger partial charge in [0.05, 0.1) is 17.2 Å². The molecule has 0 amide bonds. The first-order chi connectivity index (χ1) is 8.74. The molecule has 1 aromatic rings. The van der Waals surface area contributed by atoms with Gasteiger partial charge in [0.25, 0.3) is 5.69 Å². The lowest BCUT2D eigenvalue weighted by Gasteiger charge is -2.20. The second kappa shape index (κ2) is 6.10. The van der Waals surface area contributed by atoms with Gasteiger partial charge in [-0.2, -0.15) is 13.2 Å². The Kier molecular flexibility index (Phi) is 4.99. The van der Waals surface area contributed by atoms with E-state index in [2.05, 4.69) is 0 Å². The lowest BCUT2D eigenvalue weighted by atomic mass is 10.1. The van der Waals surface area contributed by atoms with Crippen LogP contribution in [0.1, 0.15) is 12.0 Å². The van der Waals surface area contributed by atoms with Crippen LogP contribution in [0.15, 0.2) is 18.2 Å². The summed E-state index contributed by atoms with van der Waals surface area (Å²) in [6, 6.07) is 4.09. The van der Waals surface area contributed by atoms with E-state index in [1.807, 2.05) is 0 Å². The van der Waals surface area contributed by atoms with Crippen molar-refractivity contribution < 1.29 is 18.1 Å². The van der Waals surface area contributed by atoms with E-state index in [9.17, 15) is 23.3 Å². The van der Waals surface area contributed by atoms with Gasteiger partial charge in [-0.05, 0) is 12.1 Å². The van der Waals surface area contributed by atoms with E-state index < -0.39 is 17.5 Å². The van der Waals surface area contributed by atoms with Crippen molar-refractivity contribution in [1.82, 2.24) is 0 Å². The molecular formula is C11H12ClF3N2O2. The number of hydrogen-bond acceptors (Lipinski definition) is 3.